The molecule has 1 aromatic heterocycles. The molecule has 11 heteroatoms. The van der Waals surface area contributed by atoms with Gasteiger partial charge in [-0.1, -0.05) is 31.3 Å². The molecule has 0 bridgehead atoms. The molecular weight excluding hydrogens is 461 g/mol. The molecule has 3 rings (SSSR count). The van der Waals surface area contributed by atoms with Crippen molar-refractivity contribution in [3.8, 4) is 11.3 Å². The summed E-state index contributed by atoms with van der Waals surface area (Å²) in [6.07, 6.45) is -4.49. The van der Waals surface area contributed by atoms with E-state index in [1.165, 1.54) is 31.3 Å². The van der Waals surface area contributed by atoms with Crippen LogP contribution in [0.25, 0.3) is 11.3 Å². The van der Waals surface area contributed by atoms with Crippen molar-refractivity contribution >= 4 is 30.5 Å². The van der Waals surface area contributed by atoms with E-state index in [1.807, 2.05) is 20.9 Å². The molecule has 3 aromatic rings. The zero-order valence-corrected chi connectivity index (χ0v) is 18.8. The van der Waals surface area contributed by atoms with Gasteiger partial charge in [-0.2, -0.15) is 18.3 Å². The van der Waals surface area contributed by atoms with Crippen molar-refractivity contribution < 1.29 is 22.4 Å². The van der Waals surface area contributed by atoms with Gasteiger partial charge < -0.3 is 4.90 Å². The molecule has 0 aliphatic heterocycles. The fourth-order valence-corrected chi connectivity index (χ4v) is 2.74. The molecule has 0 saturated carbocycles. The first kappa shape index (κ1) is 26.1. The lowest BCUT2D eigenvalue weighted by Crippen LogP contribution is -2.35. The number of benzene rings is 2. The molecule has 0 aliphatic carbocycles. The summed E-state index contributed by atoms with van der Waals surface area (Å²) in [6.45, 7) is 3.54. The summed E-state index contributed by atoms with van der Waals surface area (Å²) in [5.41, 5.74) is -0.587. The fourth-order valence-electron chi connectivity index (χ4n) is 2.62. The third kappa shape index (κ3) is 6.92. The van der Waals surface area contributed by atoms with Crippen molar-refractivity contribution in [1.29, 1.82) is 0 Å². The van der Waals surface area contributed by atoms with Gasteiger partial charge in [0.15, 0.2) is 0 Å². The standard InChI is InChI=1S/C20H14ClF4N3O2.C2H6B/c1-27(14-5-3-13(4-6-14)20(23,24)25)19(30)11-28-18(29)9-8-17(26-28)12-2-7-15(21)16(22)10-12;1-3-2/h2-10H,11H2,1H3;1-2H3. The highest BCUT2D eigenvalue weighted by atomic mass is 35.5. The Bertz CT molecular complexity index is 1170. The van der Waals surface area contributed by atoms with E-state index in [0.29, 0.717) is 5.56 Å². The molecule has 1 amide bonds. The maximum Gasteiger partial charge on any atom is 0.416 e. The third-order valence-electron chi connectivity index (χ3n) is 4.32. The Balaban J connectivity index is 0.00000122. The number of hydrogen-bond donors (Lipinski definition) is 0. The van der Waals surface area contributed by atoms with Gasteiger partial charge in [0.25, 0.3) is 5.56 Å². The van der Waals surface area contributed by atoms with Crippen LogP contribution < -0.4 is 10.5 Å². The molecule has 0 N–H and O–H groups in total. The predicted molar refractivity (Wildman–Crippen MR) is 121 cm³/mol. The van der Waals surface area contributed by atoms with Crippen LogP contribution in [0.4, 0.5) is 23.2 Å². The number of amides is 1. The molecule has 5 nitrogen and oxygen atoms in total. The third-order valence-corrected chi connectivity index (χ3v) is 4.63. The lowest BCUT2D eigenvalue weighted by Gasteiger charge is -2.18. The van der Waals surface area contributed by atoms with Crippen molar-refractivity contribution in [3.63, 3.8) is 0 Å². The van der Waals surface area contributed by atoms with Crippen molar-refractivity contribution in [2.24, 2.45) is 0 Å². The number of carbonyl (C=O) groups excluding carboxylic acids is 1. The van der Waals surface area contributed by atoms with E-state index in [2.05, 4.69) is 5.10 Å². The number of anilines is 1. The molecule has 0 fully saturated rings. The predicted octanol–water partition coefficient (Wildman–Crippen LogP) is 5.17. The molecule has 0 spiro atoms. The molecule has 0 unspecified atom stereocenters. The number of nitrogens with zero attached hydrogens (tertiary/aromatic N) is 3. The maximum atomic E-state index is 13.7. The van der Waals surface area contributed by atoms with Crippen LogP contribution in [0.1, 0.15) is 5.56 Å². The van der Waals surface area contributed by atoms with Crippen LogP contribution in [-0.4, -0.2) is 30.0 Å². The van der Waals surface area contributed by atoms with Gasteiger partial charge in [-0.05, 0) is 42.5 Å². The molecule has 0 saturated heterocycles. The Hall–Kier alpha value is -3.14. The van der Waals surface area contributed by atoms with Crippen LogP contribution in [0.15, 0.2) is 59.4 Å². The van der Waals surface area contributed by atoms with Gasteiger partial charge in [0.05, 0.1) is 16.3 Å². The van der Waals surface area contributed by atoms with Gasteiger partial charge in [-0.25, -0.2) is 9.07 Å². The molecule has 0 atom stereocenters. The number of rotatable bonds is 4. The van der Waals surface area contributed by atoms with Crippen LogP contribution in [-0.2, 0) is 17.5 Å². The highest BCUT2D eigenvalue weighted by Gasteiger charge is 2.30. The van der Waals surface area contributed by atoms with Crippen LogP contribution in [0.2, 0.25) is 18.7 Å². The summed E-state index contributed by atoms with van der Waals surface area (Å²) in [7, 11) is 3.37. The average molecular weight is 481 g/mol. The highest BCUT2D eigenvalue weighted by Crippen LogP contribution is 2.30. The quantitative estimate of drug-likeness (QED) is 0.382. The van der Waals surface area contributed by atoms with Gasteiger partial charge in [0, 0.05) is 24.4 Å². The van der Waals surface area contributed by atoms with Gasteiger partial charge in [0.1, 0.15) is 19.6 Å². The Kier molecular flexibility index (Phi) is 8.81. The van der Waals surface area contributed by atoms with Crippen molar-refractivity contribution in [2.45, 2.75) is 26.4 Å². The minimum Gasteiger partial charge on any atom is -0.314 e. The second kappa shape index (κ2) is 11.1. The fraction of sp³-hybridized carbons (Fsp3) is 0.227. The van der Waals surface area contributed by atoms with E-state index in [9.17, 15) is 27.2 Å². The molecule has 1 radical (unpaired) electrons. The second-order valence-corrected chi connectivity index (χ2v) is 7.33. The molecule has 0 aliphatic rings. The van der Waals surface area contributed by atoms with Gasteiger partial charge >= 0.3 is 6.18 Å². The van der Waals surface area contributed by atoms with Crippen molar-refractivity contribution in [3.05, 3.63) is 81.4 Å². The molecule has 33 heavy (non-hydrogen) atoms. The lowest BCUT2D eigenvalue weighted by atomic mass is 9.88. The SMILES string of the molecule is CN(C(=O)Cn1nc(-c2ccc(Cl)c(F)c2)ccc1=O)c1ccc(C(F)(F)F)cc1.C[B]C. The number of likely N-dealkylation sites (N-methyl/N-ethyl adjacent to an activating group) is 1. The first-order valence-corrected chi connectivity index (χ1v) is 10.1. The zero-order valence-electron chi connectivity index (χ0n) is 18.0. The average Bonchev–Trinajstić information content (AvgIpc) is 2.76. The molecule has 173 valence electrons. The van der Waals surface area contributed by atoms with E-state index >= 15 is 0 Å². The Morgan fingerprint density at radius 3 is 2.24 bits per heavy atom. The molecular formula is C22H20BClF4N3O2. The Morgan fingerprint density at radius 1 is 1.09 bits per heavy atom. The summed E-state index contributed by atoms with van der Waals surface area (Å²) in [4.78, 5) is 25.7. The van der Waals surface area contributed by atoms with E-state index in [4.69, 9.17) is 11.6 Å². The number of carbonyl (C=O) groups is 1. The number of aromatic nitrogens is 2. The summed E-state index contributed by atoms with van der Waals surface area (Å²) in [5.74, 6) is -1.24. The minimum atomic E-state index is -4.49. The molecule has 2 aromatic carbocycles. The zero-order chi connectivity index (χ0) is 24.8. The van der Waals surface area contributed by atoms with Crippen LogP contribution in [0.3, 0.4) is 0 Å². The minimum absolute atomic E-state index is 0.0691. The Labute approximate surface area is 193 Å². The summed E-state index contributed by atoms with van der Waals surface area (Å²) in [6, 6.07) is 10.6. The van der Waals surface area contributed by atoms with Crippen LogP contribution in [0.5, 0.6) is 0 Å². The van der Waals surface area contributed by atoms with Crippen molar-refractivity contribution in [1.82, 2.24) is 9.78 Å². The number of hydrogen-bond acceptors (Lipinski definition) is 3. The second-order valence-electron chi connectivity index (χ2n) is 6.92. The smallest absolute Gasteiger partial charge is 0.314 e. The lowest BCUT2D eigenvalue weighted by molar-refractivity contribution is -0.137. The normalized spacial score (nSPS) is 10.8. The number of alkyl halides is 3. The number of halogens is 5. The van der Waals surface area contributed by atoms with Crippen LogP contribution in [0, 0.1) is 5.82 Å². The highest BCUT2D eigenvalue weighted by molar-refractivity contribution is 6.31. The largest absolute Gasteiger partial charge is 0.416 e. The van der Waals surface area contributed by atoms with Gasteiger partial charge in [-0.15, -0.1) is 0 Å². The monoisotopic (exact) mass is 480 g/mol. The summed E-state index contributed by atoms with van der Waals surface area (Å²) < 4.78 is 52.6. The van der Waals surface area contributed by atoms with Gasteiger partial charge in [0.2, 0.25) is 5.91 Å². The topological polar surface area (TPSA) is 55.2 Å². The van der Waals surface area contributed by atoms with E-state index in [0.717, 1.165) is 39.9 Å². The van der Waals surface area contributed by atoms with Gasteiger partial charge in [-0.3, -0.25) is 9.59 Å². The van der Waals surface area contributed by atoms with E-state index in [1.54, 1.807) is 0 Å². The molecule has 1 heterocycles. The van der Waals surface area contributed by atoms with E-state index in [-0.39, 0.29) is 16.4 Å². The first-order valence-electron chi connectivity index (χ1n) is 9.69. The van der Waals surface area contributed by atoms with Crippen molar-refractivity contribution in [2.75, 3.05) is 11.9 Å². The maximum absolute atomic E-state index is 13.7. The van der Waals surface area contributed by atoms with Crippen LogP contribution >= 0.6 is 11.6 Å². The Morgan fingerprint density at radius 2 is 1.70 bits per heavy atom. The summed E-state index contributed by atoms with van der Waals surface area (Å²) >= 11 is 5.66. The first-order chi connectivity index (χ1) is 15.5. The summed E-state index contributed by atoms with van der Waals surface area (Å²) in [5, 5.41) is 4.00. The van der Waals surface area contributed by atoms with E-state index < -0.39 is 35.6 Å².